The normalized spacial score (nSPS) is 14.1. The first kappa shape index (κ1) is 23.8. The molecule has 178 valence electrons. The van der Waals surface area contributed by atoms with Crippen LogP contribution in [-0.2, 0) is 16.6 Å². The van der Waals surface area contributed by atoms with Crippen LogP contribution in [0, 0.1) is 0 Å². The molecule has 1 aliphatic rings. The summed E-state index contributed by atoms with van der Waals surface area (Å²) < 4.78 is 37.5. The van der Waals surface area contributed by atoms with E-state index in [-0.39, 0.29) is 5.91 Å². The lowest BCUT2D eigenvalue weighted by Gasteiger charge is -2.15. The summed E-state index contributed by atoms with van der Waals surface area (Å²) in [6, 6.07) is 19.6. The number of hydrogen-bond donors (Lipinski definition) is 1. The highest BCUT2D eigenvalue weighted by Gasteiger charge is 2.26. The Morgan fingerprint density at radius 3 is 2.09 bits per heavy atom. The second kappa shape index (κ2) is 10.3. The molecule has 0 spiro atoms. The molecule has 0 saturated carbocycles. The van der Waals surface area contributed by atoms with Gasteiger partial charge in [-0.25, -0.2) is 8.42 Å². The molecule has 0 aromatic heterocycles. The van der Waals surface area contributed by atoms with Crippen LogP contribution in [0.15, 0.2) is 71.6 Å². The predicted octanol–water partition coefficient (Wildman–Crippen LogP) is 4.09. The van der Waals surface area contributed by atoms with E-state index >= 15 is 0 Å². The number of benzene rings is 3. The van der Waals surface area contributed by atoms with Crippen LogP contribution < -0.4 is 14.8 Å². The lowest BCUT2D eigenvalue weighted by atomic mass is 10.0. The van der Waals surface area contributed by atoms with Gasteiger partial charge in [0.15, 0.2) is 0 Å². The second-order valence-corrected chi connectivity index (χ2v) is 10.0. The first-order chi connectivity index (χ1) is 16.4. The van der Waals surface area contributed by atoms with Crippen LogP contribution in [0.4, 0.5) is 0 Å². The Kier molecular flexibility index (Phi) is 7.19. The highest BCUT2D eigenvalue weighted by atomic mass is 32.2. The summed E-state index contributed by atoms with van der Waals surface area (Å²) in [5.74, 6) is 1.13. The van der Waals surface area contributed by atoms with Crippen LogP contribution in [0.25, 0.3) is 11.1 Å². The van der Waals surface area contributed by atoms with Gasteiger partial charge < -0.3 is 14.8 Å². The molecule has 34 heavy (non-hydrogen) atoms. The molecule has 3 aromatic carbocycles. The minimum absolute atomic E-state index is 0.198. The smallest absolute Gasteiger partial charge is 0.251 e. The maximum atomic E-state index is 12.7. The molecule has 1 fully saturated rings. The number of carbonyl (C=O) groups is 1. The van der Waals surface area contributed by atoms with E-state index in [0.717, 1.165) is 29.5 Å². The van der Waals surface area contributed by atoms with Gasteiger partial charge in [0.05, 0.1) is 19.1 Å². The Morgan fingerprint density at radius 2 is 1.50 bits per heavy atom. The highest BCUT2D eigenvalue weighted by Crippen LogP contribution is 2.26. The van der Waals surface area contributed by atoms with Crippen LogP contribution in [0.2, 0.25) is 0 Å². The molecule has 0 bridgehead atoms. The fourth-order valence-corrected chi connectivity index (χ4v) is 5.50. The molecule has 3 aromatic rings. The number of methoxy groups -OCH3 is 2. The third-order valence-electron chi connectivity index (χ3n) is 5.97. The number of carbonyl (C=O) groups excluding carboxylic acids is 1. The van der Waals surface area contributed by atoms with Crippen molar-refractivity contribution in [3.05, 3.63) is 77.9 Å². The van der Waals surface area contributed by atoms with Crippen molar-refractivity contribution >= 4 is 15.9 Å². The summed E-state index contributed by atoms with van der Waals surface area (Å²) in [7, 11) is -0.265. The summed E-state index contributed by atoms with van der Waals surface area (Å²) in [6.45, 7) is 1.48. The molecule has 8 heteroatoms. The number of hydrogen-bond acceptors (Lipinski definition) is 5. The molecule has 1 amide bonds. The fourth-order valence-electron chi connectivity index (χ4n) is 3.99. The third kappa shape index (κ3) is 5.08. The van der Waals surface area contributed by atoms with E-state index in [2.05, 4.69) is 5.32 Å². The van der Waals surface area contributed by atoms with E-state index in [9.17, 15) is 13.2 Å². The van der Waals surface area contributed by atoms with Crippen LogP contribution in [0.3, 0.4) is 0 Å². The average Bonchev–Trinajstić information content (AvgIpc) is 3.43. The van der Waals surface area contributed by atoms with Gasteiger partial charge in [0.25, 0.3) is 5.91 Å². The number of ether oxygens (including phenoxy) is 2. The van der Waals surface area contributed by atoms with Gasteiger partial charge in [0.1, 0.15) is 11.5 Å². The summed E-state index contributed by atoms with van der Waals surface area (Å²) in [5.41, 5.74) is 3.16. The first-order valence-electron chi connectivity index (χ1n) is 11.1. The Morgan fingerprint density at radius 1 is 0.882 bits per heavy atom. The van der Waals surface area contributed by atoms with Gasteiger partial charge in [-0.15, -0.1) is 0 Å². The largest absolute Gasteiger partial charge is 0.497 e. The van der Waals surface area contributed by atoms with Crippen LogP contribution >= 0.6 is 0 Å². The Hall–Kier alpha value is -3.36. The molecule has 1 N–H and O–H groups in total. The maximum Gasteiger partial charge on any atom is 0.251 e. The van der Waals surface area contributed by atoms with Crippen molar-refractivity contribution in [1.82, 2.24) is 9.62 Å². The number of amides is 1. The van der Waals surface area contributed by atoms with Gasteiger partial charge >= 0.3 is 0 Å². The lowest BCUT2D eigenvalue weighted by molar-refractivity contribution is 0.0950. The molecule has 1 saturated heterocycles. The van der Waals surface area contributed by atoms with Gasteiger partial charge in [0, 0.05) is 36.8 Å². The first-order valence-corrected chi connectivity index (χ1v) is 12.6. The molecule has 7 nitrogen and oxygen atoms in total. The molecular weight excluding hydrogens is 452 g/mol. The number of nitrogens with zero attached hydrogens (tertiary/aromatic N) is 1. The topological polar surface area (TPSA) is 84.9 Å². The Bertz CT molecular complexity index is 1250. The second-order valence-electron chi connectivity index (χ2n) is 8.07. The van der Waals surface area contributed by atoms with E-state index in [0.29, 0.717) is 41.6 Å². The third-order valence-corrected chi connectivity index (χ3v) is 7.88. The molecule has 0 radical (unpaired) electrons. The van der Waals surface area contributed by atoms with Crippen molar-refractivity contribution in [3.8, 4) is 22.6 Å². The molecular formula is C26H28N2O5S. The van der Waals surface area contributed by atoms with Crippen LogP contribution in [-0.4, -0.2) is 45.9 Å². The van der Waals surface area contributed by atoms with Gasteiger partial charge in [-0.3, -0.25) is 4.79 Å². The number of sulfonamides is 1. The van der Waals surface area contributed by atoms with Crippen molar-refractivity contribution in [1.29, 1.82) is 0 Å². The molecule has 1 heterocycles. The van der Waals surface area contributed by atoms with Crippen LogP contribution in [0.1, 0.15) is 28.8 Å². The summed E-state index contributed by atoms with van der Waals surface area (Å²) >= 11 is 0. The molecule has 0 atom stereocenters. The van der Waals surface area contributed by atoms with E-state index in [4.69, 9.17) is 9.47 Å². The van der Waals surface area contributed by atoms with Gasteiger partial charge in [-0.05, 0) is 60.4 Å². The molecule has 0 aliphatic carbocycles. The van der Waals surface area contributed by atoms with E-state index < -0.39 is 10.0 Å². The standard InChI is InChI=1S/C26H28N2O5S/c1-32-23-12-9-22(25(17-23)33-2)18-27-26(29)21-7-5-19(6-8-21)20-10-13-24(14-11-20)34(30,31)28-15-3-4-16-28/h5-14,17H,3-4,15-16,18H2,1-2H3,(H,27,29). The minimum atomic E-state index is -3.43. The van der Waals surface area contributed by atoms with Crippen molar-refractivity contribution < 1.29 is 22.7 Å². The zero-order chi connectivity index (χ0) is 24.1. The number of rotatable bonds is 8. The predicted molar refractivity (Wildman–Crippen MR) is 131 cm³/mol. The average molecular weight is 481 g/mol. The quantitative estimate of drug-likeness (QED) is 0.525. The van der Waals surface area contributed by atoms with E-state index in [1.54, 1.807) is 56.7 Å². The molecule has 4 rings (SSSR count). The summed E-state index contributed by atoms with van der Waals surface area (Å²) in [5, 5.41) is 2.91. The van der Waals surface area contributed by atoms with E-state index in [1.165, 1.54) is 4.31 Å². The summed E-state index contributed by atoms with van der Waals surface area (Å²) in [6.07, 6.45) is 1.82. The van der Waals surface area contributed by atoms with Crippen molar-refractivity contribution in [2.45, 2.75) is 24.3 Å². The Labute approximate surface area is 200 Å². The fraction of sp³-hybridized carbons (Fsp3) is 0.269. The maximum absolute atomic E-state index is 12.7. The minimum Gasteiger partial charge on any atom is -0.497 e. The monoisotopic (exact) mass is 480 g/mol. The van der Waals surface area contributed by atoms with Gasteiger partial charge in [-0.2, -0.15) is 4.31 Å². The number of nitrogens with one attached hydrogen (secondary N) is 1. The van der Waals surface area contributed by atoms with Crippen LogP contribution in [0.5, 0.6) is 11.5 Å². The van der Waals surface area contributed by atoms with Crippen molar-refractivity contribution in [2.24, 2.45) is 0 Å². The Balaban J connectivity index is 1.41. The zero-order valence-electron chi connectivity index (χ0n) is 19.3. The van der Waals surface area contributed by atoms with E-state index in [1.807, 2.05) is 24.3 Å². The van der Waals surface area contributed by atoms with Crippen molar-refractivity contribution in [2.75, 3.05) is 27.3 Å². The molecule has 1 aliphatic heterocycles. The van der Waals surface area contributed by atoms with Crippen molar-refractivity contribution in [3.63, 3.8) is 0 Å². The SMILES string of the molecule is COc1ccc(CNC(=O)c2ccc(-c3ccc(S(=O)(=O)N4CCCC4)cc3)cc2)c(OC)c1. The molecule has 0 unspecified atom stereocenters. The zero-order valence-corrected chi connectivity index (χ0v) is 20.1. The van der Waals surface area contributed by atoms with Gasteiger partial charge in [0.2, 0.25) is 10.0 Å². The summed E-state index contributed by atoms with van der Waals surface area (Å²) in [4.78, 5) is 12.9. The van der Waals surface area contributed by atoms with Gasteiger partial charge in [-0.1, -0.05) is 24.3 Å². The lowest BCUT2D eigenvalue weighted by Crippen LogP contribution is -2.27. The highest BCUT2D eigenvalue weighted by molar-refractivity contribution is 7.89.